The number of unbranched alkanes of at least 4 members (excludes halogenated alkanes) is 5. The van der Waals surface area contributed by atoms with Gasteiger partial charge in [-0.2, -0.15) is 0 Å². The fourth-order valence-corrected chi connectivity index (χ4v) is 1.95. The van der Waals surface area contributed by atoms with E-state index >= 15 is 0 Å². The van der Waals surface area contributed by atoms with Gasteiger partial charge in [-0.05, 0) is 25.7 Å². The van der Waals surface area contributed by atoms with E-state index in [0.29, 0.717) is 6.42 Å². The quantitative estimate of drug-likeness (QED) is 0.315. The van der Waals surface area contributed by atoms with E-state index in [-0.39, 0.29) is 12.1 Å². The molecule has 0 saturated carbocycles. The van der Waals surface area contributed by atoms with Gasteiger partial charge in [-0.1, -0.05) is 32.6 Å². The Bertz CT molecular complexity index is 202. The molecule has 0 fully saturated rings. The summed E-state index contributed by atoms with van der Waals surface area (Å²) in [5, 5.41) is 0. The highest BCUT2D eigenvalue weighted by molar-refractivity contribution is 5.66. The third-order valence-corrected chi connectivity index (χ3v) is 2.79. The number of aldehydes is 1. The summed E-state index contributed by atoms with van der Waals surface area (Å²) >= 11 is 0. The SMILES string of the molecule is CCCC(CCCCCCCC=O)OC(C)=O. The Kier molecular flexibility index (Phi) is 11.0. The molecule has 1 unspecified atom stereocenters. The highest BCUT2D eigenvalue weighted by Gasteiger charge is 2.10. The minimum absolute atomic E-state index is 0.104. The van der Waals surface area contributed by atoms with Gasteiger partial charge >= 0.3 is 5.97 Å². The van der Waals surface area contributed by atoms with E-state index in [2.05, 4.69) is 6.92 Å². The molecule has 1 atom stereocenters. The Labute approximate surface area is 105 Å². The van der Waals surface area contributed by atoms with Crippen LogP contribution in [0.25, 0.3) is 0 Å². The first-order valence-corrected chi connectivity index (χ1v) is 6.81. The molecule has 0 heterocycles. The molecule has 0 spiro atoms. The Morgan fingerprint density at radius 1 is 1.12 bits per heavy atom. The number of carbonyl (C=O) groups excluding carboxylic acids is 2. The second kappa shape index (κ2) is 11.6. The molecule has 0 N–H and O–H groups in total. The van der Waals surface area contributed by atoms with Crippen molar-refractivity contribution in [1.29, 1.82) is 0 Å². The molecule has 0 bridgehead atoms. The zero-order chi connectivity index (χ0) is 12.9. The van der Waals surface area contributed by atoms with Gasteiger partial charge < -0.3 is 9.53 Å². The zero-order valence-corrected chi connectivity index (χ0v) is 11.2. The molecule has 0 aromatic heterocycles. The highest BCUT2D eigenvalue weighted by Crippen LogP contribution is 2.14. The maximum Gasteiger partial charge on any atom is 0.302 e. The third kappa shape index (κ3) is 11.4. The summed E-state index contributed by atoms with van der Waals surface area (Å²) < 4.78 is 5.25. The number of hydrogen-bond acceptors (Lipinski definition) is 3. The zero-order valence-electron chi connectivity index (χ0n) is 11.2. The largest absolute Gasteiger partial charge is 0.463 e. The van der Waals surface area contributed by atoms with Crippen LogP contribution in [0.5, 0.6) is 0 Å². The summed E-state index contributed by atoms with van der Waals surface area (Å²) in [7, 11) is 0. The monoisotopic (exact) mass is 242 g/mol. The van der Waals surface area contributed by atoms with Crippen LogP contribution < -0.4 is 0 Å². The van der Waals surface area contributed by atoms with Crippen molar-refractivity contribution >= 4 is 12.3 Å². The first kappa shape index (κ1) is 16.1. The molecule has 0 aliphatic heterocycles. The van der Waals surface area contributed by atoms with E-state index in [1.54, 1.807) is 0 Å². The van der Waals surface area contributed by atoms with Gasteiger partial charge in [-0.3, -0.25) is 4.79 Å². The second-order valence-corrected chi connectivity index (χ2v) is 4.53. The fourth-order valence-electron chi connectivity index (χ4n) is 1.95. The van der Waals surface area contributed by atoms with Crippen LogP contribution in [-0.2, 0) is 14.3 Å². The first-order valence-electron chi connectivity index (χ1n) is 6.81. The number of rotatable bonds is 11. The van der Waals surface area contributed by atoms with E-state index in [0.717, 1.165) is 44.8 Å². The predicted molar refractivity (Wildman–Crippen MR) is 68.8 cm³/mol. The van der Waals surface area contributed by atoms with Crippen LogP contribution in [0.2, 0.25) is 0 Å². The van der Waals surface area contributed by atoms with E-state index in [1.165, 1.54) is 19.8 Å². The lowest BCUT2D eigenvalue weighted by molar-refractivity contribution is -0.147. The van der Waals surface area contributed by atoms with Crippen LogP contribution in [0.15, 0.2) is 0 Å². The molecule has 0 aromatic carbocycles. The van der Waals surface area contributed by atoms with Gasteiger partial charge in [0.15, 0.2) is 0 Å². The number of esters is 1. The van der Waals surface area contributed by atoms with Crippen molar-refractivity contribution in [3.05, 3.63) is 0 Å². The van der Waals surface area contributed by atoms with Crippen LogP contribution in [0.3, 0.4) is 0 Å². The molecule has 0 aromatic rings. The summed E-state index contributed by atoms with van der Waals surface area (Å²) in [6.45, 7) is 3.58. The molecule has 0 amide bonds. The Morgan fingerprint density at radius 3 is 2.35 bits per heavy atom. The Balaban J connectivity index is 3.46. The second-order valence-electron chi connectivity index (χ2n) is 4.53. The summed E-state index contributed by atoms with van der Waals surface area (Å²) in [6, 6.07) is 0. The molecule has 0 rings (SSSR count). The standard InChI is InChI=1S/C14H26O3/c1-3-10-14(17-13(2)16)11-8-6-4-5-7-9-12-15/h12,14H,3-11H2,1-2H3. The van der Waals surface area contributed by atoms with E-state index in [9.17, 15) is 9.59 Å². The van der Waals surface area contributed by atoms with E-state index < -0.39 is 0 Å². The van der Waals surface area contributed by atoms with Crippen molar-refractivity contribution in [3.8, 4) is 0 Å². The minimum Gasteiger partial charge on any atom is -0.463 e. The maximum absolute atomic E-state index is 10.9. The van der Waals surface area contributed by atoms with Crippen LogP contribution in [0, 0.1) is 0 Å². The lowest BCUT2D eigenvalue weighted by Gasteiger charge is -2.15. The van der Waals surface area contributed by atoms with Crippen LogP contribution >= 0.6 is 0 Å². The average molecular weight is 242 g/mol. The average Bonchev–Trinajstić information content (AvgIpc) is 2.27. The minimum atomic E-state index is -0.172. The lowest BCUT2D eigenvalue weighted by atomic mass is 10.0. The summed E-state index contributed by atoms with van der Waals surface area (Å²) in [5.41, 5.74) is 0. The Morgan fingerprint density at radius 2 is 1.76 bits per heavy atom. The molecule has 0 radical (unpaired) electrons. The van der Waals surface area contributed by atoms with Crippen molar-refractivity contribution in [2.75, 3.05) is 0 Å². The van der Waals surface area contributed by atoms with Gasteiger partial charge in [-0.15, -0.1) is 0 Å². The van der Waals surface area contributed by atoms with Crippen LogP contribution in [0.1, 0.15) is 71.6 Å². The molecule has 3 heteroatoms. The molecule has 0 saturated heterocycles. The molecule has 100 valence electrons. The van der Waals surface area contributed by atoms with E-state index in [1.807, 2.05) is 0 Å². The normalized spacial score (nSPS) is 12.1. The fraction of sp³-hybridized carbons (Fsp3) is 0.857. The predicted octanol–water partition coefficient (Wildman–Crippen LogP) is 3.65. The number of carbonyl (C=O) groups is 2. The topological polar surface area (TPSA) is 43.4 Å². The molecule has 3 nitrogen and oxygen atoms in total. The summed E-state index contributed by atoms with van der Waals surface area (Å²) in [6.07, 6.45) is 10.3. The van der Waals surface area contributed by atoms with Crippen molar-refractivity contribution in [2.45, 2.75) is 77.7 Å². The maximum atomic E-state index is 10.9. The van der Waals surface area contributed by atoms with Crippen molar-refractivity contribution in [2.24, 2.45) is 0 Å². The molecule has 0 aliphatic rings. The summed E-state index contributed by atoms with van der Waals surface area (Å²) in [4.78, 5) is 21.0. The first-order chi connectivity index (χ1) is 8.20. The molecular formula is C14H26O3. The van der Waals surface area contributed by atoms with Crippen molar-refractivity contribution in [3.63, 3.8) is 0 Å². The van der Waals surface area contributed by atoms with Gasteiger partial charge in [-0.25, -0.2) is 0 Å². The van der Waals surface area contributed by atoms with Gasteiger partial charge in [0, 0.05) is 13.3 Å². The van der Waals surface area contributed by atoms with E-state index in [4.69, 9.17) is 4.74 Å². The third-order valence-electron chi connectivity index (χ3n) is 2.79. The van der Waals surface area contributed by atoms with Crippen LogP contribution in [0.4, 0.5) is 0 Å². The molecular weight excluding hydrogens is 216 g/mol. The summed E-state index contributed by atoms with van der Waals surface area (Å²) in [5.74, 6) is -0.172. The smallest absolute Gasteiger partial charge is 0.302 e. The molecule has 17 heavy (non-hydrogen) atoms. The van der Waals surface area contributed by atoms with Crippen molar-refractivity contribution < 1.29 is 14.3 Å². The Hall–Kier alpha value is -0.860. The van der Waals surface area contributed by atoms with Crippen molar-refractivity contribution in [1.82, 2.24) is 0 Å². The van der Waals surface area contributed by atoms with Gasteiger partial charge in [0.05, 0.1) is 0 Å². The number of ether oxygens (including phenoxy) is 1. The van der Waals surface area contributed by atoms with Crippen LogP contribution in [-0.4, -0.2) is 18.4 Å². The van der Waals surface area contributed by atoms with Gasteiger partial charge in [0.25, 0.3) is 0 Å². The molecule has 0 aliphatic carbocycles. The highest BCUT2D eigenvalue weighted by atomic mass is 16.5. The van der Waals surface area contributed by atoms with Gasteiger partial charge in [0.2, 0.25) is 0 Å². The lowest BCUT2D eigenvalue weighted by Crippen LogP contribution is -2.15. The number of hydrogen-bond donors (Lipinski definition) is 0. The van der Waals surface area contributed by atoms with Gasteiger partial charge in [0.1, 0.15) is 12.4 Å².